The van der Waals surface area contributed by atoms with Crippen LogP contribution in [-0.2, 0) is 0 Å². The SMILES string of the molecule is [2H]c1c([2H])c(-c2cc3ccc4ccccc4c3c3ccccc23)c([2H])c([2H])c1-c1cccc2c1ccc1cc3ccccc3cc12. The van der Waals surface area contributed by atoms with Gasteiger partial charge in [-0.25, -0.2) is 0 Å². The van der Waals surface area contributed by atoms with Gasteiger partial charge in [-0.1, -0.05) is 139 Å². The van der Waals surface area contributed by atoms with Crippen LogP contribution in [0.1, 0.15) is 5.48 Å². The number of hydrogen-bond acceptors (Lipinski definition) is 0. The molecule has 0 heterocycles. The van der Waals surface area contributed by atoms with E-state index in [0.29, 0.717) is 22.3 Å². The Morgan fingerprint density at radius 3 is 1.69 bits per heavy atom. The van der Waals surface area contributed by atoms with Crippen LogP contribution in [0.3, 0.4) is 0 Å². The van der Waals surface area contributed by atoms with Gasteiger partial charge in [-0.15, -0.1) is 0 Å². The molecule has 0 N–H and O–H groups in total. The molecule has 9 aromatic carbocycles. The smallest absolute Gasteiger partial charge is 0.0616 e. The van der Waals surface area contributed by atoms with Crippen molar-refractivity contribution in [1.82, 2.24) is 0 Å². The van der Waals surface area contributed by atoms with Gasteiger partial charge in [0, 0.05) is 0 Å². The highest BCUT2D eigenvalue weighted by Crippen LogP contribution is 2.40. The van der Waals surface area contributed by atoms with E-state index in [-0.39, 0.29) is 24.2 Å². The molecule has 0 saturated carbocycles. The van der Waals surface area contributed by atoms with Crippen molar-refractivity contribution >= 4 is 64.6 Å². The number of rotatable bonds is 2. The first-order valence-corrected chi connectivity index (χ1v) is 14.3. The minimum Gasteiger partial charge on any atom is -0.0616 e. The van der Waals surface area contributed by atoms with Crippen LogP contribution in [-0.4, -0.2) is 0 Å². The zero-order chi connectivity index (χ0) is 31.1. The van der Waals surface area contributed by atoms with Gasteiger partial charge in [-0.05, 0) is 105 Å². The normalized spacial score (nSPS) is 13.1. The van der Waals surface area contributed by atoms with Crippen molar-refractivity contribution in [3.8, 4) is 22.3 Å². The molecule has 9 aromatic rings. The highest BCUT2D eigenvalue weighted by molar-refractivity contribution is 6.23. The zero-order valence-corrected chi connectivity index (χ0v) is 22.7. The van der Waals surface area contributed by atoms with E-state index < -0.39 is 0 Å². The topological polar surface area (TPSA) is 0 Å². The van der Waals surface area contributed by atoms with E-state index in [1.807, 2.05) is 66.7 Å². The average molecular weight is 535 g/mol. The molecule has 194 valence electrons. The first-order chi connectivity index (χ1) is 22.5. The summed E-state index contributed by atoms with van der Waals surface area (Å²) in [6, 6.07) is 45.2. The van der Waals surface area contributed by atoms with E-state index in [0.717, 1.165) is 59.2 Å². The molecule has 42 heavy (non-hydrogen) atoms. The van der Waals surface area contributed by atoms with Gasteiger partial charge in [0.2, 0.25) is 0 Å². The fourth-order valence-corrected chi connectivity index (χ4v) is 6.67. The van der Waals surface area contributed by atoms with Crippen molar-refractivity contribution in [3.63, 3.8) is 0 Å². The third-order valence-electron chi connectivity index (χ3n) is 8.66. The second kappa shape index (κ2) is 9.03. The lowest BCUT2D eigenvalue weighted by Gasteiger charge is -2.14. The van der Waals surface area contributed by atoms with Crippen LogP contribution in [0.2, 0.25) is 0 Å². The molecule has 0 unspecified atom stereocenters. The van der Waals surface area contributed by atoms with Crippen molar-refractivity contribution in [2.75, 3.05) is 0 Å². The molecule has 0 atom stereocenters. The van der Waals surface area contributed by atoms with Crippen LogP contribution in [0.4, 0.5) is 0 Å². The third-order valence-corrected chi connectivity index (χ3v) is 8.66. The van der Waals surface area contributed by atoms with Crippen molar-refractivity contribution in [2.24, 2.45) is 0 Å². The molecule has 0 spiro atoms. The largest absolute Gasteiger partial charge is 0.0629 e. The quantitative estimate of drug-likeness (QED) is 0.153. The van der Waals surface area contributed by atoms with Gasteiger partial charge in [0.05, 0.1) is 5.48 Å². The van der Waals surface area contributed by atoms with Crippen LogP contribution in [0, 0.1) is 0 Å². The first-order valence-electron chi connectivity index (χ1n) is 16.3. The van der Waals surface area contributed by atoms with Gasteiger partial charge in [-0.2, -0.15) is 0 Å². The molecule has 0 saturated heterocycles. The summed E-state index contributed by atoms with van der Waals surface area (Å²) in [5.41, 5.74) is 2.05. The molecule has 0 heteroatoms. The Hall–Kier alpha value is -5.46. The van der Waals surface area contributed by atoms with Crippen LogP contribution >= 0.6 is 0 Å². The van der Waals surface area contributed by atoms with Gasteiger partial charge >= 0.3 is 0 Å². The third kappa shape index (κ3) is 3.49. The number of hydrogen-bond donors (Lipinski definition) is 0. The fourth-order valence-electron chi connectivity index (χ4n) is 6.67. The summed E-state index contributed by atoms with van der Waals surface area (Å²) < 4.78 is 37.2. The van der Waals surface area contributed by atoms with Gasteiger partial charge in [0.25, 0.3) is 0 Å². The molecule has 0 aliphatic heterocycles. The number of benzene rings is 9. The molecule has 0 aromatic heterocycles. The van der Waals surface area contributed by atoms with E-state index in [2.05, 4.69) is 66.7 Å². The van der Waals surface area contributed by atoms with E-state index in [4.69, 9.17) is 0 Å². The lowest BCUT2D eigenvalue weighted by molar-refractivity contribution is 1.64. The van der Waals surface area contributed by atoms with Crippen molar-refractivity contribution in [1.29, 1.82) is 0 Å². The van der Waals surface area contributed by atoms with Crippen molar-refractivity contribution < 1.29 is 5.48 Å². The molecule has 0 aliphatic carbocycles. The molecule has 0 bridgehead atoms. The van der Waals surface area contributed by atoms with Gasteiger partial charge in [-0.3, -0.25) is 0 Å². The predicted octanol–water partition coefficient (Wildman–Crippen LogP) is 11.9. The van der Waals surface area contributed by atoms with Crippen LogP contribution in [0.25, 0.3) is 86.9 Å². The van der Waals surface area contributed by atoms with Crippen molar-refractivity contribution in [2.45, 2.75) is 0 Å². The van der Waals surface area contributed by atoms with E-state index in [9.17, 15) is 5.48 Å². The Kier molecular flexibility index (Phi) is 4.21. The molecule has 0 fully saturated rings. The molecular formula is C42H26. The Morgan fingerprint density at radius 1 is 0.310 bits per heavy atom. The Morgan fingerprint density at radius 2 is 0.881 bits per heavy atom. The summed E-state index contributed by atoms with van der Waals surface area (Å²) in [6.45, 7) is 0. The fraction of sp³-hybridized carbons (Fsp3) is 0. The zero-order valence-electron chi connectivity index (χ0n) is 26.7. The molecule has 0 aliphatic rings. The van der Waals surface area contributed by atoms with Crippen LogP contribution in [0.5, 0.6) is 0 Å². The standard InChI is InChI=1S/C42H26/c1-2-10-31-25-41-32(24-30(31)9-1)22-23-38-34(14-7-15-36(38)41)28-16-18-29(19-17-28)40-26-33-21-20-27-8-3-4-11-35(27)42(33)39-13-6-5-12-37(39)40/h1-26H/i16D,17D,18D,19D. The average Bonchev–Trinajstić information content (AvgIpc) is 3.10. The highest BCUT2D eigenvalue weighted by Gasteiger charge is 2.12. The maximum absolute atomic E-state index is 9.31. The molecular weight excluding hydrogens is 504 g/mol. The molecule has 0 radical (unpaired) electrons. The van der Waals surface area contributed by atoms with Gasteiger partial charge in [0.15, 0.2) is 0 Å². The van der Waals surface area contributed by atoms with Crippen molar-refractivity contribution in [3.05, 3.63) is 158 Å². The maximum atomic E-state index is 9.31. The molecule has 0 amide bonds. The summed E-state index contributed by atoms with van der Waals surface area (Å²) in [4.78, 5) is 0. The summed E-state index contributed by atoms with van der Waals surface area (Å²) in [6.07, 6.45) is 0. The molecule has 9 rings (SSSR count). The highest BCUT2D eigenvalue weighted by atomic mass is 14.2. The Balaban J connectivity index is 1.31. The van der Waals surface area contributed by atoms with Crippen LogP contribution < -0.4 is 0 Å². The first kappa shape index (κ1) is 19.6. The second-order valence-electron chi connectivity index (χ2n) is 11.0. The van der Waals surface area contributed by atoms with Gasteiger partial charge < -0.3 is 0 Å². The predicted molar refractivity (Wildman–Crippen MR) is 182 cm³/mol. The summed E-state index contributed by atoms with van der Waals surface area (Å²) in [5, 5.41) is 12.8. The van der Waals surface area contributed by atoms with Gasteiger partial charge in [0.1, 0.15) is 0 Å². The second-order valence-corrected chi connectivity index (χ2v) is 11.0. The van der Waals surface area contributed by atoms with E-state index in [1.54, 1.807) is 0 Å². The van der Waals surface area contributed by atoms with E-state index >= 15 is 0 Å². The maximum Gasteiger partial charge on any atom is 0.0629 e. The van der Waals surface area contributed by atoms with E-state index in [1.165, 1.54) is 5.39 Å². The summed E-state index contributed by atoms with van der Waals surface area (Å²) in [5.74, 6) is 0. The number of fused-ring (bicyclic) bond motifs is 9. The Labute approximate surface area is 249 Å². The summed E-state index contributed by atoms with van der Waals surface area (Å²) >= 11 is 0. The van der Waals surface area contributed by atoms with Crippen LogP contribution in [0.15, 0.2) is 158 Å². The lowest BCUT2D eigenvalue weighted by atomic mass is 9.89. The minimum atomic E-state index is -0.0372. The Bertz CT molecular complexity index is 2710. The molecule has 0 nitrogen and oxygen atoms in total. The minimum absolute atomic E-state index is 0.0370. The summed E-state index contributed by atoms with van der Waals surface area (Å²) in [7, 11) is 0. The lowest BCUT2D eigenvalue weighted by Crippen LogP contribution is -1.87. The monoisotopic (exact) mass is 534 g/mol.